The third-order valence-corrected chi connectivity index (χ3v) is 5.40. The number of hydrogen-bond donors (Lipinski definition) is 3. The van der Waals surface area contributed by atoms with Crippen molar-refractivity contribution in [2.45, 2.75) is 31.5 Å². The van der Waals surface area contributed by atoms with Gasteiger partial charge in [0.2, 0.25) is 0 Å². The van der Waals surface area contributed by atoms with Gasteiger partial charge in [0.05, 0.1) is 10.5 Å². The number of aromatic amines is 1. The van der Waals surface area contributed by atoms with Crippen molar-refractivity contribution < 1.29 is 8.42 Å². The third-order valence-electron chi connectivity index (χ3n) is 2.75. The second-order valence-electron chi connectivity index (χ2n) is 4.43. The van der Waals surface area contributed by atoms with Gasteiger partial charge in [0, 0.05) is 23.5 Å². The van der Waals surface area contributed by atoms with Gasteiger partial charge in [-0.15, -0.1) is 11.3 Å². The van der Waals surface area contributed by atoms with Crippen LogP contribution in [0.1, 0.15) is 23.8 Å². The maximum atomic E-state index is 12.3. The zero-order valence-electron chi connectivity index (χ0n) is 11.5. The molecule has 3 N–H and O–H groups in total. The maximum absolute atomic E-state index is 12.3. The number of aromatic nitrogens is 2. The van der Waals surface area contributed by atoms with Gasteiger partial charge in [-0.2, -0.15) is 5.10 Å². The van der Waals surface area contributed by atoms with E-state index in [1.54, 1.807) is 12.1 Å². The van der Waals surface area contributed by atoms with Crippen LogP contribution in [-0.2, 0) is 23.1 Å². The summed E-state index contributed by atoms with van der Waals surface area (Å²) >= 11 is 7.17. The van der Waals surface area contributed by atoms with E-state index in [0.717, 1.165) is 17.8 Å². The molecule has 0 spiro atoms. The van der Waals surface area contributed by atoms with Crippen molar-refractivity contribution in [3.8, 4) is 0 Å². The first-order valence-corrected chi connectivity index (χ1v) is 9.17. The Morgan fingerprint density at radius 2 is 2.19 bits per heavy atom. The Kier molecular flexibility index (Phi) is 5.77. The quantitative estimate of drug-likeness (QED) is 0.637. The molecule has 6 nitrogen and oxygen atoms in total. The van der Waals surface area contributed by atoms with Gasteiger partial charge >= 0.3 is 0 Å². The summed E-state index contributed by atoms with van der Waals surface area (Å²) in [4.78, 5) is 0.855. The Labute approximate surface area is 133 Å². The number of thiophene rings is 1. The largest absolute Gasteiger partial charge is 0.313 e. The molecule has 2 aromatic heterocycles. The van der Waals surface area contributed by atoms with E-state index in [1.807, 2.05) is 6.92 Å². The average molecular weight is 349 g/mol. The molecule has 0 unspecified atom stereocenters. The standard InChI is InChI=1S/C12H17ClN4O2S2/c1-2-5-14-6-9-7-15-17-12(9)21(18,19)16-8-10-3-4-11(13)20-10/h3-4,7,14,16H,2,5-6,8H2,1H3,(H,15,17). The van der Waals surface area contributed by atoms with Gasteiger partial charge in [0.25, 0.3) is 10.0 Å². The van der Waals surface area contributed by atoms with Gasteiger partial charge in [-0.3, -0.25) is 5.10 Å². The number of sulfonamides is 1. The van der Waals surface area contributed by atoms with Crippen LogP contribution in [0.15, 0.2) is 23.4 Å². The average Bonchev–Trinajstić information content (AvgIpc) is 3.06. The first-order chi connectivity index (χ1) is 10.0. The van der Waals surface area contributed by atoms with Gasteiger partial charge in [0.15, 0.2) is 5.03 Å². The Balaban J connectivity index is 2.03. The molecule has 0 aliphatic rings. The van der Waals surface area contributed by atoms with Gasteiger partial charge in [-0.05, 0) is 25.1 Å². The highest BCUT2D eigenvalue weighted by Crippen LogP contribution is 2.21. The summed E-state index contributed by atoms with van der Waals surface area (Å²) in [5.74, 6) is 0. The molecule has 0 radical (unpaired) electrons. The molecule has 0 aliphatic carbocycles. The van der Waals surface area contributed by atoms with Crippen LogP contribution in [-0.4, -0.2) is 25.2 Å². The molecule has 0 bridgehead atoms. The molecule has 0 aliphatic heterocycles. The molecule has 0 saturated carbocycles. The normalized spacial score (nSPS) is 11.9. The fourth-order valence-corrected chi connectivity index (χ4v) is 3.99. The molecule has 0 saturated heterocycles. The van der Waals surface area contributed by atoms with Crippen molar-refractivity contribution in [1.82, 2.24) is 20.2 Å². The van der Waals surface area contributed by atoms with Crippen LogP contribution in [0.4, 0.5) is 0 Å². The predicted molar refractivity (Wildman–Crippen MR) is 83.9 cm³/mol. The van der Waals surface area contributed by atoms with E-state index in [9.17, 15) is 8.42 Å². The van der Waals surface area contributed by atoms with Crippen LogP contribution in [0, 0.1) is 0 Å². The van der Waals surface area contributed by atoms with E-state index >= 15 is 0 Å². The molecule has 2 heterocycles. The lowest BCUT2D eigenvalue weighted by Crippen LogP contribution is -2.25. The van der Waals surface area contributed by atoms with Gasteiger partial charge in [-0.25, -0.2) is 13.1 Å². The molecule has 0 fully saturated rings. The zero-order chi connectivity index (χ0) is 15.3. The summed E-state index contributed by atoms with van der Waals surface area (Å²) in [6, 6.07) is 3.54. The molecule has 2 rings (SSSR count). The lowest BCUT2D eigenvalue weighted by molar-refractivity contribution is 0.574. The Hall–Kier alpha value is -0.930. The lowest BCUT2D eigenvalue weighted by Gasteiger charge is -2.07. The van der Waals surface area contributed by atoms with Crippen LogP contribution in [0.2, 0.25) is 4.34 Å². The zero-order valence-corrected chi connectivity index (χ0v) is 13.9. The second-order valence-corrected chi connectivity index (χ2v) is 7.93. The number of hydrogen-bond acceptors (Lipinski definition) is 5. The molecule has 9 heteroatoms. The minimum absolute atomic E-state index is 0.105. The van der Waals surface area contributed by atoms with E-state index in [0.29, 0.717) is 16.4 Å². The smallest absolute Gasteiger partial charge is 0.258 e. The van der Waals surface area contributed by atoms with E-state index in [-0.39, 0.29) is 11.6 Å². The number of halogens is 1. The maximum Gasteiger partial charge on any atom is 0.258 e. The fraction of sp³-hybridized carbons (Fsp3) is 0.417. The van der Waals surface area contributed by atoms with E-state index in [1.165, 1.54) is 17.5 Å². The number of nitrogens with zero attached hydrogens (tertiary/aromatic N) is 1. The van der Waals surface area contributed by atoms with Crippen LogP contribution in [0.3, 0.4) is 0 Å². The Morgan fingerprint density at radius 3 is 2.86 bits per heavy atom. The van der Waals surface area contributed by atoms with Crippen molar-refractivity contribution in [3.05, 3.63) is 33.1 Å². The molecule has 116 valence electrons. The van der Waals surface area contributed by atoms with E-state index < -0.39 is 10.0 Å². The molecule has 0 amide bonds. The topological polar surface area (TPSA) is 86.9 Å². The van der Waals surface area contributed by atoms with Crippen molar-refractivity contribution in [2.75, 3.05) is 6.54 Å². The van der Waals surface area contributed by atoms with Gasteiger partial charge < -0.3 is 5.32 Å². The summed E-state index contributed by atoms with van der Waals surface area (Å²) < 4.78 is 27.8. The predicted octanol–water partition coefficient (Wildman–Crippen LogP) is 2.10. The Bertz CT molecular complexity index is 681. The SMILES string of the molecule is CCCNCc1cn[nH]c1S(=O)(=O)NCc1ccc(Cl)s1. The lowest BCUT2D eigenvalue weighted by atomic mass is 10.3. The fourth-order valence-electron chi connectivity index (χ4n) is 1.74. The summed E-state index contributed by atoms with van der Waals surface area (Å²) in [7, 11) is -3.62. The number of H-pyrrole nitrogens is 1. The molecular formula is C12H17ClN4O2S2. The highest BCUT2D eigenvalue weighted by molar-refractivity contribution is 7.89. The minimum Gasteiger partial charge on any atom is -0.313 e. The number of nitrogens with one attached hydrogen (secondary N) is 3. The van der Waals surface area contributed by atoms with Crippen LogP contribution in [0.5, 0.6) is 0 Å². The first-order valence-electron chi connectivity index (χ1n) is 6.49. The van der Waals surface area contributed by atoms with Crippen molar-refractivity contribution in [3.63, 3.8) is 0 Å². The first kappa shape index (κ1) is 16.4. The van der Waals surface area contributed by atoms with Crippen LogP contribution >= 0.6 is 22.9 Å². The van der Waals surface area contributed by atoms with Crippen molar-refractivity contribution >= 4 is 33.0 Å². The van der Waals surface area contributed by atoms with Crippen LogP contribution in [0.25, 0.3) is 0 Å². The second kappa shape index (κ2) is 7.37. The van der Waals surface area contributed by atoms with Crippen molar-refractivity contribution in [2.24, 2.45) is 0 Å². The molecular weight excluding hydrogens is 332 g/mol. The van der Waals surface area contributed by atoms with Crippen molar-refractivity contribution in [1.29, 1.82) is 0 Å². The van der Waals surface area contributed by atoms with E-state index in [2.05, 4.69) is 20.2 Å². The molecule has 21 heavy (non-hydrogen) atoms. The minimum atomic E-state index is -3.62. The van der Waals surface area contributed by atoms with Gasteiger partial charge in [0.1, 0.15) is 0 Å². The monoisotopic (exact) mass is 348 g/mol. The summed E-state index contributed by atoms with van der Waals surface area (Å²) in [6.45, 7) is 3.55. The number of rotatable bonds is 8. The highest BCUT2D eigenvalue weighted by atomic mass is 35.5. The third kappa shape index (κ3) is 4.52. The molecule has 0 atom stereocenters. The summed E-state index contributed by atoms with van der Waals surface area (Å²) in [5.41, 5.74) is 0.625. The van der Waals surface area contributed by atoms with Crippen LogP contribution < -0.4 is 10.0 Å². The molecule has 2 aromatic rings. The molecule has 0 aromatic carbocycles. The Morgan fingerprint density at radius 1 is 1.38 bits per heavy atom. The summed E-state index contributed by atoms with van der Waals surface area (Å²) in [6.07, 6.45) is 2.51. The van der Waals surface area contributed by atoms with E-state index in [4.69, 9.17) is 11.6 Å². The van der Waals surface area contributed by atoms with Gasteiger partial charge in [-0.1, -0.05) is 18.5 Å². The highest BCUT2D eigenvalue weighted by Gasteiger charge is 2.20. The summed E-state index contributed by atoms with van der Waals surface area (Å²) in [5, 5.41) is 9.64.